The molecule has 0 bridgehead atoms. The number of nitrogens with one attached hydrogen (secondary N) is 2. The van der Waals surface area contributed by atoms with Gasteiger partial charge in [0, 0.05) is 10.6 Å². The van der Waals surface area contributed by atoms with Crippen molar-refractivity contribution in [3.05, 3.63) is 52.2 Å². The Bertz CT molecular complexity index is 534. The monoisotopic (exact) mass is 288 g/mol. The van der Waals surface area contributed by atoms with Crippen LogP contribution in [0, 0.1) is 0 Å². The van der Waals surface area contributed by atoms with Crippen molar-refractivity contribution in [2.75, 3.05) is 5.32 Å². The minimum absolute atomic E-state index is 0.172. The fourth-order valence-electron chi connectivity index (χ4n) is 1.89. The van der Waals surface area contributed by atoms with E-state index in [-0.39, 0.29) is 6.03 Å². The first-order valence-corrected chi connectivity index (χ1v) is 7.74. The van der Waals surface area contributed by atoms with Crippen LogP contribution < -0.4 is 10.6 Å². The predicted molar refractivity (Wildman–Crippen MR) is 85.3 cm³/mol. The fourth-order valence-corrected chi connectivity index (χ4v) is 2.53. The van der Waals surface area contributed by atoms with Gasteiger partial charge in [-0.05, 0) is 41.5 Å². The minimum atomic E-state index is -0.172. The number of rotatable bonds is 5. The molecule has 0 saturated carbocycles. The number of carbonyl (C=O) groups excluding carboxylic acids is 1. The Morgan fingerprint density at radius 2 is 2.00 bits per heavy atom. The van der Waals surface area contributed by atoms with Gasteiger partial charge in [0.2, 0.25) is 0 Å². The smallest absolute Gasteiger partial charge is 0.319 e. The van der Waals surface area contributed by atoms with Crippen LogP contribution in [-0.2, 0) is 6.54 Å². The Morgan fingerprint density at radius 1 is 1.25 bits per heavy atom. The molecule has 2 N–H and O–H groups in total. The summed E-state index contributed by atoms with van der Waals surface area (Å²) < 4.78 is 0. The molecule has 3 nitrogen and oxygen atoms in total. The summed E-state index contributed by atoms with van der Waals surface area (Å²) in [6.07, 6.45) is 1.12. The lowest BCUT2D eigenvalue weighted by Crippen LogP contribution is -2.27. The molecule has 0 saturated heterocycles. The molecule has 0 aliphatic carbocycles. The average Bonchev–Trinajstić information content (AvgIpc) is 2.98. The largest absolute Gasteiger partial charge is 0.333 e. The summed E-state index contributed by atoms with van der Waals surface area (Å²) in [4.78, 5) is 12.9. The van der Waals surface area contributed by atoms with E-state index in [1.54, 1.807) is 11.3 Å². The molecule has 1 atom stereocenters. The molecule has 0 aliphatic heterocycles. The summed E-state index contributed by atoms with van der Waals surface area (Å²) >= 11 is 1.64. The van der Waals surface area contributed by atoms with Gasteiger partial charge in [-0.3, -0.25) is 0 Å². The highest BCUT2D eigenvalue weighted by molar-refractivity contribution is 7.09. The van der Waals surface area contributed by atoms with E-state index in [4.69, 9.17) is 0 Å². The number of anilines is 1. The van der Waals surface area contributed by atoms with Crippen molar-refractivity contribution in [2.45, 2.75) is 32.7 Å². The van der Waals surface area contributed by atoms with Crippen molar-refractivity contribution in [3.8, 4) is 0 Å². The van der Waals surface area contributed by atoms with Crippen molar-refractivity contribution < 1.29 is 4.79 Å². The van der Waals surface area contributed by atoms with Crippen LogP contribution in [-0.4, -0.2) is 6.03 Å². The van der Waals surface area contributed by atoms with Crippen LogP contribution in [0.4, 0.5) is 10.5 Å². The third kappa shape index (κ3) is 4.10. The maximum atomic E-state index is 11.8. The van der Waals surface area contributed by atoms with E-state index in [2.05, 4.69) is 36.6 Å². The maximum absolute atomic E-state index is 11.8. The molecule has 106 valence electrons. The SMILES string of the molecule is CCC(C)c1ccc(NC(=O)NCc2cccs2)cc1. The van der Waals surface area contributed by atoms with Crippen LogP contribution in [0.25, 0.3) is 0 Å². The molecule has 0 spiro atoms. The fraction of sp³-hybridized carbons (Fsp3) is 0.312. The third-order valence-electron chi connectivity index (χ3n) is 3.35. The molecule has 20 heavy (non-hydrogen) atoms. The van der Waals surface area contributed by atoms with Gasteiger partial charge in [-0.2, -0.15) is 0 Å². The molecule has 1 unspecified atom stereocenters. The van der Waals surface area contributed by atoms with E-state index in [1.165, 1.54) is 5.56 Å². The minimum Gasteiger partial charge on any atom is -0.333 e. The molecule has 4 heteroatoms. The lowest BCUT2D eigenvalue weighted by Gasteiger charge is -2.11. The van der Waals surface area contributed by atoms with Crippen molar-refractivity contribution in [1.29, 1.82) is 0 Å². The molecule has 2 aromatic rings. The Kier molecular flexibility index (Phi) is 5.18. The number of hydrogen-bond acceptors (Lipinski definition) is 2. The molecule has 0 fully saturated rings. The second-order valence-corrected chi connectivity index (χ2v) is 5.85. The Hall–Kier alpha value is -1.81. The van der Waals surface area contributed by atoms with Crippen molar-refractivity contribution in [1.82, 2.24) is 5.32 Å². The predicted octanol–water partition coefficient (Wildman–Crippen LogP) is 4.58. The van der Waals surface area contributed by atoms with Crippen molar-refractivity contribution in [2.24, 2.45) is 0 Å². The first-order chi connectivity index (χ1) is 9.69. The van der Waals surface area contributed by atoms with Gasteiger partial charge < -0.3 is 10.6 Å². The zero-order valence-electron chi connectivity index (χ0n) is 11.8. The van der Waals surface area contributed by atoms with E-state index >= 15 is 0 Å². The summed E-state index contributed by atoms with van der Waals surface area (Å²) in [6.45, 7) is 4.94. The number of thiophene rings is 1. The normalized spacial score (nSPS) is 11.9. The third-order valence-corrected chi connectivity index (χ3v) is 4.23. The Balaban J connectivity index is 1.84. The summed E-state index contributed by atoms with van der Waals surface area (Å²) in [6, 6.07) is 11.9. The highest BCUT2D eigenvalue weighted by Gasteiger charge is 2.05. The lowest BCUT2D eigenvalue weighted by atomic mass is 9.99. The number of carbonyl (C=O) groups is 1. The quantitative estimate of drug-likeness (QED) is 0.830. The number of hydrogen-bond donors (Lipinski definition) is 2. The van der Waals surface area contributed by atoms with Crippen LogP contribution in [0.5, 0.6) is 0 Å². The van der Waals surface area contributed by atoms with E-state index < -0.39 is 0 Å². The number of urea groups is 1. The molecule has 1 aromatic carbocycles. The van der Waals surface area contributed by atoms with Gasteiger partial charge >= 0.3 is 6.03 Å². The van der Waals surface area contributed by atoms with E-state index in [1.807, 2.05) is 29.6 Å². The van der Waals surface area contributed by atoms with Gasteiger partial charge in [-0.1, -0.05) is 32.0 Å². The van der Waals surface area contributed by atoms with Crippen LogP contribution in [0.1, 0.15) is 36.6 Å². The summed E-state index contributed by atoms with van der Waals surface area (Å²) in [7, 11) is 0. The topological polar surface area (TPSA) is 41.1 Å². The molecule has 1 heterocycles. The molecule has 2 amide bonds. The Morgan fingerprint density at radius 3 is 2.60 bits per heavy atom. The lowest BCUT2D eigenvalue weighted by molar-refractivity contribution is 0.252. The molecule has 1 aromatic heterocycles. The maximum Gasteiger partial charge on any atom is 0.319 e. The standard InChI is InChI=1S/C16H20N2OS/c1-3-12(2)13-6-8-14(9-7-13)18-16(19)17-11-15-5-4-10-20-15/h4-10,12H,3,11H2,1-2H3,(H2,17,18,19). The molecular weight excluding hydrogens is 268 g/mol. The van der Waals surface area contributed by atoms with Crippen LogP contribution in [0.3, 0.4) is 0 Å². The summed E-state index contributed by atoms with van der Waals surface area (Å²) in [5.41, 5.74) is 2.12. The van der Waals surface area contributed by atoms with E-state index in [9.17, 15) is 4.79 Å². The zero-order valence-corrected chi connectivity index (χ0v) is 12.7. The highest BCUT2D eigenvalue weighted by Crippen LogP contribution is 2.20. The van der Waals surface area contributed by atoms with Crippen LogP contribution in [0.15, 0.2) is 41.8 Å². The Labute approximate surface area is 124 Å². The number of benzene rings is 1. The number of amides is 2. The van der Waals surface area contributed by atoms with Gasteiger partial charge in [0.15, 0.2) is 0 Å². The second-order valence-electron chi connectivity index (χ2n) is 4.82. The first-order valence-electron chi connectivity index (χ1n) is 6.86. The zero-order chi connectivity index (χ0) is 14.4. The van der Waals surface area contributed by atoms with Crippen molar-refractivity contribution >= 4 is 23.1 Å². The highest BCUT2D eigenvalue weighted by atomic mass is 32.1. The summed E-state index contributed by atoms with van der Waals surface area (Å²) in [5, 5.41) is 7.69. The van der Waals surface area contributed by atoms with E-state index in [0.29, 0.717) is 12.5 Å². The van der Waals surface area contributed by atoms with Gasteiger partial charge in [0.25, 0.3) is 0 Å². The van der Waals surface area contributed by atoms with Gasteiger partial charge in [0.05, 0.1) is 6.54 Å². The van der Waals surface area contributed by atoms with E-state index in [0.717, 1.165) is 17.0 Å². The van der Waals surface area contributed by atoms with Crippen molar-refractivity contribution in [3.63, 3.8) is 0 Å². The molecule has 0 aliphatic rings. The van der Waals surface area contributed by atoms with Crippen LogP contribution >= 0.6 is 11.3 Å². The van der Waals surface area contributed by atoms with Crippen LogP contribution in [0.2, 0.25) is 0 Å². The molecule has 0 radical (unpaired) electrons. The second kappa shape index (κ2) is 7.10. The first kappa shape index (κ1) is 14.6. The van der Waals surface area contributed by atoms with Gasteiger partial charge in [0.1, 0.15) is 0 Å². The van der Waals surface area contributed by atoms with Gasteiger partial charge in [-0.25, -0.2) is 4.79 Å². The molecule has 2 rings (SSSR count). The van der Waals surface area contributed by atoms with Gasteiger partial charge in [-0.15, -0.1) is 11.3 Å². The summed E-state index contributed by atoms with van der Waals surface area (Å²) in [5.74, 6) is 0.553. The average molecular weight is 288 g/mol. The molecular formula is C16H20N2OS.